The van der Waals surface area contributed by atoms with Crippen LogP contribution in [0, 0.1) is 5.92 Å². The van der Waals surface area contributed by atoms with Crippen LogP contribution in [-0.4, -0.2) is 20.4 Å². The Morgan fingerprint density at radius 2 is 2.12 bits per heavy atom. The van der Waals surface area contributed by atoms with Gasteiger partial charge < -0.3 is 9.88 Å². The number of thiazole rings is 1. The largest absolute Gasteiger partial charge is 0.347 e. The number of carbonyl (C=O) groups is 1. The van der Waals surface area contributed by atoms with Crippen molar-refractivity contribution in [3.05, 3.63) is 47.5 Å². The quantitative estimate of drug-likeness (QED) is 0.745. The number of nitrogens with one attached hydrogen (secondary N) is 1. The van der Waals surface area contributed by atoms with E-state index in [4.69, 9.17) is 0 Å². The number of hydrogen-bond donors (Lipinski definition) is 1. The highest BCUT2D eigenvalue weighted by Crippen LogP contribution is 2.26. The summed E-state index contributed by atoms with van der Waals surface area (Å²) in [7, 11) is 0. The Morgan fingerprint density at radius 3 is 2.88 bits per heavy atom. The van der Waals surface area contributed by atoms with E-state index >= 15 is 0 Å². The first-order valence-electron chi connectivity index (χ1n) is 8.24. The molecule has 0 aliphatic rings. The Kier molecular flexibility index (Phi) is 4.94. The van der Waals surface area contributed by atoms with Crippen LogP contribution in [0.3, 0.4) is 0 Å². The van der Waals surface area contributed by atoms with E-state index in [1.165, 1.54) is 0 Å². The van der Waals surface area contributed by atoms with Gasteiger partial charge in [0.15, 0.2) is 0 Å². The zero-order valence-electron chi connectivity index (χ0n) is 14.2. The average molecular weight is 342 g/mol. The molecule has 3 aromatic rings. The number of imidazole rings is 1. The van der Waals surface area contributed by atoms with Crippen molar-refractivity contribution in [1.82, 2.24) is 19.9 Å². The number of aryl methyl sites for hydroxylation is 1. The fraction of sp³-hybridized carbons (Fsp3) is 0.389. The van der Waals surface area contributed by atoms with Gasteiger partial charge in [0.25, 0.3) is 0 Å². The van der Waals surface area contributed by atoms with Crippen molar-refractivity contribution in [2.75, 3.05) is 0 Å². The molecule has 0 bridgehead atoms. The van der Waals surface area contributed by atoms with E-state index < -0.39 is 0 Å². The summed E-state index contributed by atoms with van der Waals surface area (Å²) in [6.07, 6.45) is 4.58. The molecule has 2 aromatic heterocycles. The minimum absolute atomic E-state index is 0.0394. The van der Waals surface area contributed by atoms with Crippen LogP contribution >= 0.6 is 11.3 Å². The first-order valence-corrected chi connectivity index (χ1v) is 9.06. The maximum Gasteiger partial charge on any atom is 0.225 e. The molecule has 2 atom stereocenters. The second kappa shape index (κ2) is 7.13. The SMILES string of the molecule is CCc1nccn1C[C@@H](C)C(=O)N[C@@H](C)c1nc2ccccc2s1. The van der Waals surface area contributed by atoms with Crippen LogP contribution in [0.15, 0.2) is 36.7 Å². The standard InChI is InChI=1S/C18H22N4OS/c1-4-16-19-9-10-22(16)11-12(2)17(23)20-13(3)18-21-14-7-5-6-8-15(14)24-18/h5-10,12-13H,4,11H2,1-3H3,(H,20,23)/t12-,13+/m1/s1. The molecule has 1 aromatic carbocycles. The molecule has 24 heavy (non-hydrogen) atoms. The number of fused-ring (bicyclic) bond motifs is 1. The van der Waals surface area contributed by atoms with E-state index in [0.29, 0.717) is 6.54 Å². The fourth-order valence-electron chi connectivity index (χ4n) is 2.69. The topological polar surface area (TPSA) is 59.8 Å². The first-order chi connectivity index (χ1) is 11.6. The molecule has 0 unspecified atom stereocenters. The van der Waals surface area contributed by atoms with Gasteiger partial charge >= 0.3 is 0 Å². The van der Waals surface area contributed by atoms with E-state index in [2.05, 4.69) is 28.3 Å². The molecular weight excluding hydrogens is 320 g/mol. The Labute approximate surface area is 145 Å². The molecule has 0 aliphatic carbocycles. The smallest absolute Gasteiger partial charge is 0.225 e. The van der Waals surface area contributed by atoms with Crippen molar-refractivity contribution in [3.8, 4) is 0 Å². The van der Waals surface area contributed by atoms with Crippen LogP contribution < -0.4 is 5.32 Å². The number of hydrogen-bond acceptors (Lipinski definition) is 4. The summed E-state index contributed by atoms with van der Waals surface area (Å²) in [6.45, 7) is 6.64. The van der Waals surface area contributed by atoms with Crippen molar-refractivity contribution in [1.29, 1.82) is 0 Å². The highest BCUT2D eigenvalue weighted by Gasteiger charge is 2.19. The van der Waals surface area contributed by atoms with Crippen molar-refractivity contribution >= 4 is 27.5 Å². The zero-order valence-corrected chi connectivity index (χ0v) is 15.0. The highest BCUT2D eigenvalue weighted by molar-refractivity contribution is 7.18. The van der Waals surface area contributed by atoms with Crippen LogP contribution in [-0.2, 0) is 17.8 Å². The summed E-state index contributed by atoms with van der Waals surface area (Å²) in [5.41, 5.74) is 0.984. The van der Waals surface area contributed by atoms with Gasteiger partial charge in [-0.3, -0.25) is 4.79 Å². The molecule has 0 saturated carbocycles. The van der Waals surface area contributed by atoms with Gasteiger partial charge in [-0.1, -0.05) is 26.0 Å². The second-order valence-corrected chi connectivity index (χ2v) is 7.06. The maximum absolute atomic E-state index is 12.5. The van der Waals surface area contributed by atoms with Gasteiger partial charge in [0.05, 0.1) is 22.2 Å². The Hall–Kier alpha value is -2.21. The normalized spacial score (nSPS) is 13.8. The number of rotatable bonds is 6. The summed E-state index contributed by atoms with van der Waals surface area (Å²) < 4.78 is 3.19. The minimum atomic E-state index is -0.124. The lowest BCUT2D eigenvalue weighted by atomic mass is 10.1. The summed E-state index contributed by atoms with van der Waals surface area (Å²) in [6, 6.07) is 7.95. The molecule has 5 nitrogen and oxygen atoms in total. The van der Waals surface area contributed by atoms with Crippen molar-refractivity contribution in [2.24, 2.45) is 5.92 Å². The molecule has 126 valence electrons. The molecular formula is C18H22N4OS. The van der Waals surface area contributed by atoms with Crippen LogP contribution in [0.1, 0.15) is 37.6 Å². The van der Waals surface area contributed by atoms with Gasteiger partial charge in [-0.15, -0.1) is 11.3 Å². The lowest BCUT2D eigenvalue weighted by Gasteiger charge is -2.17. The molecule has 1 amide bonds. The third-order valence-corrected chi connectivity index (χ3v) is 5.29. The van der Waals surface area contributed by atoms with E-state index in [0.717, 1.165) is 27.5 Å². The molecule has 0 radical (unpaired) electrons. The van der Waals surface area contributed by atoms with E-state index in [9.17, 15) is 4.79 Å². The minimum Gasteiger partial charge on any atom is -0.347 e. The second-order valence-electron chi connectivity index (χ2n) is 6.00. The Balaban J connectivity index is 1.64. The number of benzene rings is 1. The molecule has 0 fully saturated rings. The predicted octanol–water partition coefficient (Wildman–Crippen LogP) is 3.57. The van der Waals surface area contributed by atoms with Crippen molar-refractivity contribution < 1.29 is 4.79 Å². The van der Waals surface area contributed by atoms with Gasteiger partial charge in [0, 0.05) is 25.4 Å². The van der Waals surface area contributed by atoms with Crippen molar-refractivity contribution in [3.63, 3.8) is 0 Å². The average Bonchev–Trinajstić information content (AvgIpc) is 3.20. The first kappa shape index (κ1) is 16.6. The van der Waals surface area contributed by atoms with Gasteiger partial charge in [0.1, 0.15) is 10.8 Å². The number of amides is 1. The Morgan fingerprint density at radius 1 is 1.33 bits per heavy atom. The van der Waals surface area contributed by atoms with E-state index in [1.807, 2.05) is 42.8 Å². The van der Waals surface area contributed by atoms with Crippen LogP contribution in [0.2, 0.25) is 0 Å². The Bertz CT molecular complexity index is 805. The number of para-hydroxylation sites is 1. The third kappa shape index (κ3) is 3.48. The summed E-state index contributed by atoms with van der Waals surface area (Å²) in [4.78, 5) is 21.4. The maximum atomic E-state index is 12.5. The molecule has 2 heterocycles. The van der Waals surface area contributed by atoms with Crippen LogP contribution in [0.4, 0.5) is 0 Å². The lowest BCUT2D eigenvalue weighted by molar-refractivity contribution is -0.125. The lowest BCUT2D eigenvalue weighted by Crippen LogP contribution is -2.33. The molecule has 3 rings (SSSR count). The molecule has 6 heteroatoms. The molecule has 0 spiro atoms. The van der Waals surface area contributed by atoms with Gasteiger partial charge in [-0.2, -0.15) is 0 Å². The van der Waals surface area contributed by atoms with Crippen LogP contribution in [0.25, 0.3) is 10.2 Å². The summed E-state index contributed by atoms with van der Waals surface area (Å²) >= 11 is 1.63. The van der Waals surface area contributed by atoms with Gasteiger partial charge in [-0.25, -0.2) is 9.97 Å². The van der Waals surface area contributed by atoms with Crippen molar-refractivity contribution in [2.45, 2.75) is 39.8 Å². The summed E-state index contributed by atoms with van der Waals surface area (Å²) in [5.74, 6) is 0.924. The number of carbonyl (C=O) groups excluding carboxylic acids is 1. The molecule has 0 aliphatic heterocycles. The number of aromatic nitrogens is 3. The molecule has 0 saturated heterocycles. The zero-order chi connectivity index (χ0) is 17.1. The highest BCUT2D eigenvalue weighted by atomic mass is 32.1. The van der Waals surface area contributed by atoms with E-state index in [-0.39, 0.29) is 17.9 Å². The van der Waals surface area contributed by atoms with E-state index in [1.54, 1.807) is 17.5 Å². The van der Waals surface area contributed by atoms with Gasteiger partial charge in [-0.05, 0) is 19.1 Å². The van der Waals surface area contributed by atoms with Crippen LogP contribution in [0.5, 0.6) is 0 Å². The predicted molar refractivity (Wildman–Crippen MR) is 96.9 cm³/mol. The third-order valence-electron chi connectivity index (χ3n) is 4.08. The fourth-order valence-corrected chi connectivity index (χ4v) is 3.66. The molecule has 1 N–H and O–H groups in total. The summed E-state index contributed by atoms with van der Waals surface area (Å²) in [5, 5.41) is 4.02. The van der Waals surface area contributed by atoms with Gasteiger partial charge in [0.2, 0.25) is 5.91 Å². The number of nitrogens with zero attached hydrogens (tertiary/aromatic N) is 3. The monoisotopic (exact) mass is 342 g/mol.